The van der Waals surface area contributed by atoms with E-state index in [1.807, 2.05) is 47.9 Å². The number of fused-ring (bicyclic) bond motifs is 2. The largest absolute Gasteiger partial charge is 0.454 e. The number of imidazole rings is 1. The number of aryl methyl sites for hydroxylation is 1. The van der Waals surface area contributed by atoms with Gasteiger partial charge in [0.05, 0.1) is 5.69 Å². The second kappa shape index (κ2) is 6.80. The molecular formula is C23H19N5O3. The number of hydrogen-bond donors (Lipinski definition) is 1. The molecule has 154 valence electrons. The van der Waals surface area contributed by atoms with Crippen LogP contribution in [0.3, 0.4) is 0 Å². The normalized spacial score (nSPS) is 14.7. The average molecular weight is 413 g/mol. The van der Waals surface area contributed by atoms with Crippen molar-refractivity contribution in [1.82, 2.24) is 24.8 Å². The van der Waals surface area contributed by atoms with Crippen LogP contribution in [0, 0.1) is 6.92 Å². The number of benzene rings is 2. The van der Waals surface area contributed by atoms with Crippen LogP contribution in [0.2, 0.25) is 0 Å². The lowest BCUT2D eigenvalue weighted by molar-refractivity contribution is 0.0951. The summed E-state index contributed by atoms with van der Waals surface area (Å²) in [7, 11) is 0. The molecule has 1 saturated carbocycles. The molecule has 2 aliphatic rings. The molecule has 0 bridgehead atoms. The van der Waals surface area contributed by atoms with Gasteiger partial charge in [-0.25, -0.2) is 15.0 Å². The van der Waals surface area contributed by atoms with Gasteiger partial charge in [0.1, 0.15) is 23.9 Å². The highest BCUT2D eigenvalue weighted by atomic mass is 16.7. The van der Waals surface area contributed by atoms with Crippen molar-refractivity contribution >= 4 is 17.1 Å². The summed E-state index contributed by atoms with van der Waals surface area (Å²) in [5.74, 6) is 1.36. The zero-order valence-corrected chi connectivity index (χ0v) is 16.8. The van der Waals surface area contributed by atoms with E-state index in [-0.39, 0.29) is 12.7 Å². The molecule has 8 nitrogen and oxygen atoms in total. The number of nitrogens with zero attached hydrogens (tertiary/aromatic N) is 4. The Labute approximate surface area is 177 Å². The first-order valence-corrected chi connectivity index (χ1v) is 10.2. The Bertz CT molecular complexity index is 1340. The van der Waals surface area contributed by atoms with Gasteiger partial charge < -0.3 is 14.8 Å². The number of nitrogens with one attached hydrogen (secondary N) is 1. The highest BCUT2D eigenvalue weighted by molar-refractivity contribution is 5.95. The lowest BCUT2D eigenvalue weighted by Crippen LogP contribution is -2.25. The Kier molecular flexibility index (Phi) is 3.92. The fourth-order valence-corrected chi connectivity index (χ4v) is 3.77. The second-order valence-electron chi connectivity index (χ2n) is 7.83. The zero-order valence-electron chi connectivity index (χ0n) is 16.8. The summed E-state index contributed by atoms with van der Waals surface area (Å²) >= 11 is 0. The van der Waals surface area contributed by atoms with Gasteiger partial charge in [-0.05, 0) is 55.7 Å². The Morgan fingerprint density at radius 1 is 1.06 bits per heavy atom. The molecule has 8 heteroatoms. The summed E-state index contributed by atoms with van der Waals surface area (Å²) in [6, 6.07) is 11.7. The van der Waals surface area contributed by atoms with Crippen LogP contribution in [-0.4, -0.2) is 38.3 Å². The summed E-state index contributed by atoms with van der Waals surface area (Å²) < 4.78 is 12.8. The molecule has 1 N–H and O–H groups in total. The average Bonchev–Trinajstić information content (AvgIpc) is 3.30. The molecule has 4 aromatic rings. The Morgan fingerprint density at radius 2 is 1.94 bits per heavy atom. The van der Waals surface area contributed by atoms with Crippen LogP contribution >= 0.6 is 0 Å². The number of amides is 1. The minimum atomic E-state index is -0.0520. The lowest BCUT2D eigenvalue weighted by atomic mass is 10.1. The molecular weight excluding hydrogens is 394 g/mol. The quantitative estimate of drug-likeness (QED) is 0.551. The van der Waals surface area contributed by atoms with Crippen LogP contribution in [0.1, 0.15) is 28.8 Å². The van der Waals surface area contributed by atoms with Crippen molar-refractivity contribution in [2.24, 2.45) is 0 Å². The molecule has 1 fully saturated rings. The van der Waals surface area contributed by atoms with E-state index in [2.05, 4.69) is 20.3 Å². The summed E-state index contributed by atoms with van der Waals surface area (Å²) in [5.41, 5.74) is 5.43. The summed E-state index contributed by atoms with van der Waals surface area (Å²) in [5, 5.41) is 3.04. The smallest absolute Gasteiger partial charge is 0.251 e. The monoisotopic (exact) mass is 413 g/mol. The predicted octanol–water partition coefficient (Wildman–Crippen LogP) is 3.41. The van der Waals surface area contributed by atoms with Crippen LogP contribution in [-0.2, 0) is 0 Å². The van der Waals surface area contributed by atoms with E-state index >= 15 is 0 Å². The molecule has 1 aliphatic heterocycles. The molecule has 1 amide bonds. The van der Waals surface area contributed by atoms with Gasteiger partial charge in [-0.2, -0.15) is 0 Å². The van der Waals surface area contributed by atoms with E-state index in [0.29, 0.717) is 34.2 Å². The summed E-state index contributed by atoms with van der Waals surface area (Å²) in [4.78, 5) is 26.1. The maximum atomic E-state index is 12.5. The minimum Gasteiger partial charge on any atom is -0.454 e. The van der Waals surface area contributed by atoms with Crippen molar-refractivity contribution in [3.8, 4) is 28.4 Å². The number of rotatable bonds is 4. The van der Waals surface area contributed by atoms with Gasteiger partial charge in [0, 0.05) is 17.2 Å². The van der Waals surface area contributed by atoms with Gasteiger partial charge in [-0.1, -0.05) is 6.07 Å². The third-order valence-electron chi connectivity index (χ3n) is 5.62. The molecule has 31 heavy (non-hydrogen) atoms. The fourth-order valence-electron chi connectivity index (χ4n) is 3.77. The van der Waals surface area contributed by atoms with E-state index in [9.17, 15) is 4.79 Å². The first-order chi connectivity index (χ1) is 15.2. The van der Waals surface area contributed by atoms with E-state index in [0.717, 1.165) is 35.4 Å². The standard InChI is InChI=1S/C23H19N5O3/c1-13-2-3-15(23(29)27-16-5-6-16)8-17(13)28-11-26-21-20(24-10-25-22(21)28)14-4-7-18-19(9-14)31-12-30-18/h2-4,7-11,16H,5-6,12H2,1H3,(H,27,29). The van der Waals surface area contributed by atoms with Gasteiger partial charge in [0.2, 0.25) is 6.79 Å². The van der Waals surface area contributed by atoms with Gasteiger partial charge >= 0.3 is 0 Å². The third-order valence-corrected chi connectivity index (χ3v) is 5.62. The maximum absolute atomic E-state index is 12.5. The van der Waals surface area contributed by atoms with Crippen molar-refractivity contribution in [2.75, 3.05) is 6.79 Å². The second-order valence-corrected chi connectivity index (χ2v) is 7.83. The zero-order chi connectivity index (χ0) is 20.9. The number of carbonyl (C=O) groups excluding carboxylic acids is 1. The topological polar surface area (TPSA) is 91.2 Å². The van der Waals surface area contributed by atoms with Gasteiger partial charge in [0.15, 0.2) is 17.1 Å². The predicted molar refractivity (Wildman–Crippen MR) is 113 cm³/mol. The number of ether oxygens (including phenoxy) is 2. The van der Waals surface area contributed by atoms with Crippen LogP contribution < -0.4 is 14.8 Å². The maximum Gasteiger partial charge on any atom is 0.251 e. The van der Waals surface area contributed by atoms with Crippen molar-refractivity contribution in [3.63, 3.8) is 0 Å². The van der Waals surface area contributed by atoms with Gasteiger partial charge in [-0.3, -0.25) is 9.36 Å². The highest BCUT2D eigenvalue weighted by Gasteiger charge is 2.24. The molecule has 6 rings (SSSR count). The lowest BCUT2D eigenvalue weighted by Gasteiger charge is -2.11. The van der Waals surface area contributed by atoms with Crippen LogP contribution in [0.4, 0.5) is 0 Å². The molecule has 2 aromatic carbocycles. The summed E-state index contributed by atoms with van der Waals surface area (Å²) in [6.07, 6.45) is 5.35. The minimum absolute atomic E-state index is 0.0520. The Balaban J connectivity index is 1.44. The molecule has 3 heterocycles. The Morgan fingerprint density at radius 3 is 2.81 bits per heavy atom. The first-order valence-electron chi connectivity index (χ1n) is 10.2. The Hall–Kier alpha value is -3.94. The molecule has 0 spiro atoms. The molecule has 0 atom stereocenters. The molecule has 0 unspecified atom stereocenters. The van der Waals surface area contributed by atoms with Gasteiger partial charge in [-0.15, -0.1) is 0 Å². The molecule has 0 radical (unpaired) electrons. The van der Waals surface area contributed by atoms with Gasteiger partial charge in [0.25, 0.3) is 5.91 Å². The van der Waals surface area contributed by atoms with Crippen LogP contribution in [0.5, 0.6) is 11.5 Å². The fraction of sp³-hybridized carbons (Fsp3) is 0.217. The molecule has 1 aliphatic carbocycles. The van der Waals surface area contributed by atoms with E-state index in [4.69, 9.17) is 9.47 Å². The van der Waals surface area contributed by atoms with E-state index in [1.54, 1.807) is 6.33 Å². The van der Waals surface area contributed by atoms with Crippen LogP contribution in [0.25, 0.3) is 28.1 Å². The summed E-state index contributed by atoms with van der Waals surface area (Å²) in [6.45, 7) is 2.22. The number of carbonyl (C=O) groups is 1. The SMILES string of the molecule is Cc1ccc(C(=O)NC2CC2)cc1-n1cnc2c(-c3ccc4c(c3)OCO4)ncnc21. The van der Waals surface area contributed by atoms with E-state index < -0.39 is 0 Å². The van der Waals surface area contributed by atoms with Crippen LogP contribution in [0.15, 0.2) is 49.1 Å². The van der Waals surface area contributed by atoms with Crippen molar-refractivity contribution in [3.05, 3.63) is 60.2 Å². The first kappa shape index (κ1) is 17.9. The highest BCUT2D eigenvalue weighted by Crippen LogP contribution is 2.37. The van der Waals surface area contributed by atoms with Crippen molar-refractivity contribution < 1.29 is 14.3 Å². The van der Waals surface area contributed by atoms with Crippen molar-refractivity contribution in [2.45, 2.75) is 25.8 Å². The number of hydrogen-bond acceptors (Lipinski definition) is 6. The molecule has 2 aromatic heterocycles. The molecule has 0 saturated heterocycles. The van der Waals surface area contributed by atoms with E-state index in [1.165, 1.54) is 6.33 Å². The van der Waals surface area contributed by atoms with Crippen molar-refractivity contribution in [1.29, 1.82) is 0 Å². The third kappa shape index (κ3) is 3.07. The number of aromatic nitrogens is 4.